The monoisotopic (exact) mass is 267 g/mol. The molecule has 1 aliphatic rings. The lowest BCUT2D eigenvalue weighted by molar-refractivity contribution is -0.123. The van der Waals surface area contributed by atoms with Crippen molar-refractivity contribution in [3.05, 3.63) is 0 Å². The minimum Gasteiger partial charge on any atom is -0.393 e. The van der Waals surface area contributed by atoms with Gasteiger partial charge < -0.3 is 10.4 Å². The summed E-state index contributed by atoms with van der Waals surface area (Å²) >= 11 is 0. The number of nitrogens with one attached hydrogen (secondary N) is 1. The first-order chi connectivity index (χ1) is 8.97. The van der Waals surface area contributed by atoms with Gasteiger partial charge in [-0.1, -0.05) is 19.3 Å². The molecule has 1 saturated carbocycles. The van der Waals surface area contributed by atoms with E-state index in [0.717, 1.165) is 32.1 Å². The second-order valence-corrected chi connectivity index (χ2v) is 5.68. The molecule has 1 rings (SSSR count). The van der Waals surface area contributed by atoms with E-state index >= 15 is 0 Å². The third-order valence-electron chi connectivity index (χ3n) is 3.64. The number of rotatable bonds is 6. The zero-order chi connectivity index (χ0) is 14.3. The lowest BCUT2D eigenvalue weighted by Crippen LogP contribution is -2.51. The number of aliphatic hydroxyl groups is 1. The lowest BCUT2D eigenvalue weighted by Gasteiger charge is -2.32. The van der Waals surface area contributed by atoms with E-state index in [0.29, 0.717) is 13.0 Å². The van der Waals surface area contributed by atoms with Crippen LogP contribution in [0.4, 0.5) is 0 Å². The Kier molecular flexibility index (Phi) is 6.26. The SMILES string of the molecule is CC(O)CCN(C)CC(=O)NC1(C#N)CCCCC1. The summed E-state index contributed by atoms with van der Waals surface area (Å²) in [6, 6.07) is 2.28. The summed E-state index contributed by atoms with van der Waals surface area (Å²) in [5.41, 5.74) is -0.652. The standard InChI is InChI=1S/C14H25N3O2/c1-12(18)6-9-17(2)10-13(19)16-14(11-15)7-4-3-5-8-14/h12,18H,3-10H2,1-2H3,(H,16,19). The number of likely N-dealkylation sites (N-methyl/N-ethyl adjacent to an activating group) is 1. The van der Waals surface area contributed by atoms with Crippen LogP contribution in [-0.4, -0.2) is 47.7 Å². The van der Waals surface area contributed by atoms with Gasteiger partial charge in [0.1, 0.15) is 5.54 Å². The molecule has 0 aliphatic heterocycles. The molecule has 0 saturated heterocycles. The maximum absolute atomic E-state index is 12.0. The van der Waals surface area contributed by atoms with Gasteiger partial charge in [0.25, 0.3) is 0 Å². The molecule has 1 aliphatic carbocycles. The van der Waals surface area contributed by atoms with E-state index in [1.54, 1.807) is 6.92 Å². The van der Waals surface area contributed by atoms with Crippen molar-refractivity contribution in [2.24, 2.45) is 0 Å². The highest BCUT2D eigenvalue weighted by molar-refractivity contribution is 5.79. The molecule has 0 radical (unpaired) electrons. The van der Waals surface area contributed by atoms with Crippen LogP contribution in [0.5, 0.6) is 0 Å². The molecule has 0 bridgehead atoms. The van der Waals surface area contributed by atoms with Crippen molar-refractivity contribution in [1.29, 1.82) is 5.26 Å². The minimum absolute atomic E-state index is 0.100. The molecule has 5 nitrogen and oxygen atoms in total. The summed E-state index contributed by atoms with van der Waals surface area (Å²) in [4.78, 5) is 13.8. The van der Waals surface area contributed by atoms with Gasteiger partial charge >= 0.3 is 0 Å². The normalized spacial score (nSPS) is 19.7. The predicted molar refractivity (Wildman–Crippen MR) is 73.4 cm³/mol. The third kappa shape index (κ3) is 5.58. The number of amides is 1. The average molecular weight is 267 g/mol. The summed E-state index contributed by atoms with van der Waals surface area (Å²) in [6.45, 7) is 2.68. The van der Waals surface area contributed by atoms with Crippen molar-refractivity contribution in [3.63, 3.8) is 0 Å². The van der Waals surface area contributed by atoms with Crippen LogP contribution in [0.25, 0.3) is 0 Å². The summed E-state index contributed by atoms with van der Waals surface area (Å²) in [6.07, 6.45) is 4.96. The Morgan fingerprint density at radius 1 is 1.47 bits per heavy atom. The van der Waals surface area contributed by atoms with E-state index < -0.39 is 5.54 Å². The number of carbonyl (C=O) groups is 1. The van der Waals surface area contributed by atoms with E-state index in [1.165, 1.54) is 0 Å². The van der Waals surface area contributed by atoms with Gasteiger partial charge in [0.2, 0.25) is 5.91 Å². The molecule has 0 spiro atoms. The van der Waals surface area contributed by atoms with Gasteiger partial charge in [0.05, 0.1) is 18.7 Å². The van der Waals surface area contributed by atoms with E-state index in [4.69, 9.17) is 0 Å². The molecule has 5 heteroatoms. The molecule has 1 atom stereocenters. The molecular formula is C14H25N3O2. The van der Waals surface area contributed by atoms with Crippen molar-refractivity contribution >= 4 is 5.91 Å². The molecule has 0 aromatic carbocycles. The van der Waals surface area contributed by atoms with E-state index in [9.17, 15) is 15.2 Å². The molecule has 108 valence electrons. The highest BCUT2D eigenvalue weighted by Gasteiger charge is 2.33. The zero-order valence-corrected chi connectivity index (χ0v) is 12.0. The van der Waals surface area contributed by atoms with Gasteiger partial charge in [-0.05, 0) is 33.2 Å². The van der Waals surface area contributed by atoms with Crippen LogP contribution in [-0.2, 0) is 4.79 Å². The minimum atomic E-state index is -0.652. The van der Waals surface area contributed by atoms with Crippen molar-refractivity contribution in [1.82, 2.24) is 10.2 Å². The Morgan fingerprint density at radius 2 is 2.11 bits per heavy atom. The highest BCUT2D eigenvalue weighted by Crippen LogP contribution is 2.27. The van der Waals surface area contributed by atoms with E-state index in [2.05, 4.69) is 11.4 Å². The third-order valence-corrected chi connectivity index (χ3v) is 3.64. The van der Waals surface area contributed by atoms with E-state index in [1.807, 2.05) is 11.9 Å². The van der Waals surface area contributed by atoms with Crippen molar-refractivity contribution in [2.45, 2.75) is 57.1 Å². The van der Waals surface area contributed by atoms with Gasteiger partial charge in [-0.25, -0.2) is 0 Å². The molecule has 1 amide bonds. The lowest BCUT2D eigenvalue weighted by atomic mass is 9.83. The average Bonchev–Trinajstić information content (AvgIpc) is 2.37. The molecule has 2 N–H and O–H groups in total. The van der Waals surface area contributed by atoms with Crippen LogP contribution in [0.1, 0.15) is 45.4 Å². The predicted octanol–water partition coefficient (Wildman–Crippen LogP) is 1.03. The molecule has 1 unspecified atom stereocenters. The summed E-state index contributed by atoms with van der Waals surface area (Å²) in [5, 5.41) is 21.4. The van der Waals surface area contributed by atoms with Crippen LogP contribution >= 0.6 is 0 Å². The number of carbonyl (C=O) groups excluding carboxylic acids is 1. The highest BCUT2D eigenvalue weighted by atomic mass is 16.3. The van der Waals surface area contributed by atoms with Gasteiger partial charge in [-0.15, -0.1) is 0 Å². The van der Waals surface area contributed by atoms with Crippen molar-refractivity contribution in [3.8, 4) is 6.07 Å². The number of hydrogen-bond donors (Lipinski definition) is 2. The molecular weight excluding hydrogens is 242 g/mol. The Labute approximate surface area is 115 Å². The Bertz CT molecular complexity index is 330. The fraction of sp³-hybridized carbons (Fsp3) is 0.857. The largest absolute Gasteiger partial charge is 0.393 e. The zero-order valence-electron chi connectivity index (χ0n) is 12.0. The Hall–Kier alpha value is -1.12. The van der Waals surface area contributed by atoms with Gasteiger partial charge in [-0.3, -0.25) is 9.69 Å². The number of hydrogen-bond acceptors (Lipinski definition) is 4. The fourth-order valence-corrected chi connectivity index (χ4v) is 2.46. The summed E-state index contributed by atoms with van der Waals surface area (Å²) < 4.78 is 0. The van der Waals surface area contributed by atoms with Crippen molar-refractivity contribution in [2.75, 3.05) is 20.1 Å². The fourth-order valence-electron chi connectivity index (χ4n) is 2.46. The Balaban J connectivity index is 2.39. The van der Waals surface area contributed by atoms with E-state index in [-0.39, 0.29) is 18.6 Å². The summed E-state index contributed by atoms with van der Waals surface area (Å²) in [5.74, 6) is -0.100. The van der Waals surface area contributed by atoms with Crippen LogP contribution in [0.2, 0.25) is 0 Å². The first-order valence-corrected chi connectivity index (χ1v) is 7.06. The van der Waals surface area contributed by atoms with Crippen molar-refractivity contribution < 1.29 is 9.90 Å². The van der Waals surface area contributed by atoms with Crippen LogP contribution in [0.3, 0.4) is 0 Å². The topological polar surface area (TPSA) is 76.4 Å². The molecule has 1 fully saturated rings. The molecule has 19 heavy (non-hydrogen) atoms. The molecule has 0 heterocycles. The maximum Gasteiger partial charge on any atom is 0.235 e. The Morgan fingerprint density at radius 3 is 2.63 bits per heavy atom. The quantitative estimate of drug-likeness (QED) is 0.753. The van der Waals surface area contributed by atoms with Crippen LogP contribution < -0.4 is 5.32 Å². The van der Waals surface area contributed by atoms with Gasteiger partial charge in [-0.2, -0.15) is 5.26 Å². The van der Waals surface area contributed by atoms with Gasteiger partial charge in [0, 0.05) is 6.54 Å². The number of aliphatic hydroxyl groups excluding tert-OH is 1. The van der Waals surface area contributed by atoms with Crippen LogP contribution in [0, 0.1) is 11.3 Å². The maximum atomic E-state index is 12.0. The molecule has 0 aromatic rings. The van der Waals surface area contributed by atoms with Gasteiger partial charge in [0.15, 0.2) is 0 Å². The first kappa shape index (κ1) is 15.9. The second kappa shape index (κ2) is 7.46. The van der Waals surface area contributed by atoms with Crippen LogP contribution in [0.15, 0.2) is 0 Å². The summed E-state index contributed by atoms with van der Waals surface area (Å²) in [7, 11) is 1.85. The number of nitriles is 1. The second-order valence-electron chi connectivity index (χ2n) is 5.68. The molecule has 0 aromatic heterocycles. The number of nitrogens with zero attached hydrogens (tertiary/aromatic N) is 2. The first-order valence-electron chi connectivity index (χ1n) is 7.06. The smallest absolute Gasteiger partial charge is 0.235 e.